The number of nitrogens with zero attached hydrogens (tertiary/aromatic N) is 3. The van der Waals surface area contributed by atoms with Crippen molar-refractivity contribution in [3.05, 3.63) is 50.3 Å². The first-order chi connectivity index (χ1) is 9.62. The Bertz CT molecular complexity index is 725. The van der Waals surface area contributed by atoms with Crippen molar-refractivity contribution in [2.75, 3.05) is 0 Å². The van der Waals surface area contributed by atoms with Crippen LogP contribution in [0.1, 0.15) is 16.8 Å². The molecule has 0 atom stereocenters. The molecule has 0 bridgehead atoms. The monoisotopic (exact) mass is 319 g/mol. The molecule has 0 fully saturated rings. The van der Waals surface area contributed by atoms with E-state index in [9.17, 15) is 23.3 Å². The lowest BCUT2D eigenvalue weighted by Crippen LogP contribution is -2.09. The van der Waals surface area contributed by atoms with Gasteiger partial charge in [-0.05, 0) is 31.0 Å². The Morgan fingerprint density at radius 2 is 1.95 bits per heavy atom. The third-order valence-corrected chi connectivity index (χ3v) is 3.19. The predicted molar refractivity (Wildman–Crippen MR) is 69.7 cm³/mol. The molecule has 1 heterocycles. The highest BCUT2D eigenvalue weighted by atomic mass is 35.5. The summed E-state index contributed by atoms with van der Waals surface area (Å²) in [5.41, 5.74) is -1.24. The lowest BCUT2D eigenvalue weighted by atomic mass is 10.1. The molecule has 5 nitrogen and oxygen atoms in total. The lowest BCUT2D eigenvalue weighted by Gasteiger charge is -2.07. The topological polar surface area (TPSA) is 61.0 Å². The largest absolute Gasteiger partial charge is 0.442 e. The zero-order valence-electron chi connectivity index (χ0n) is 10.9. The number of rotatable bonds is 2. The maximum Gasteiger partial charge on any atom is 0.442 e. The molecule has 112 valence electrons. The predicted octanol–water partition coefficient (Wildman–Crippen LogP) is 4.07. The molecular formula is C12H9ClF3N3O2. The van der Waals surface area contributed by atoms with Gasteiger partial charge in [0.05, 0.1) is 10.6 Å². The van der Waals surface area contributed by atoms with Crippen LogP contribution in [0, 0.1) is 24.0 Å². The number of hydrogen-bond acceptors (Lipinski definition) is 3. The summed E-state index contributed by atoms with van der Waals surface area (Å²) in [6.07, 6.45) is -4.96. The number of benzene rings is 1. The molecule has 21 heavy (non-hydrogen) atoms. The Kier molecular flexibility index (Phi) is 3.66. The zero-order chi connectivity index (χ0) is 15.9. The first-order valence-corrected chi connectivity index (χ1v) is 6.08. The molecule has 1 aromatic heterocycles. The number of alkyl halides is 3. The van der Waals surface area contributed by atoms with Gasteiger partial charge < -0.3 is 0 Å². The number of hydrogen-bond donors (Lipinski definition) is 0. The molecule has 0 radical (unpaired) electrons. The minimum Gasteiger partial charge on any atom is -0.258 e. The van der Waals surface area contributed by atoms with Gasteiger partial charge in [-0.1, -0.05) is 23.7 Å². The molecule has 0 aliphatic rings. The van der Waals surface area contributed by atoms with E-state index >= 15 is 0 Å². The molecule has 2 rings (SSSR count). The number of halogens is 4. The molecule has 0 saturated carbocycles. The second kappa shape index (κ2) is 5.03. The van der Waals surface area contributed by atoms with E-state index in [0.717, 1.165) is 10.2 Å². The summed E-state index contributed by atoms with van der Waals surface area (Å²) in [6, 6.07) is 4.98. The van der Waals surface area contributed by atoms with Crippen LogP contribution >= 0.6 is 11.6 Å². The molecule has 0 saturated heterocycles. The summed E-state index contributed by atoms with van der Waals surface area (Å²) in [4.78, 5) is 9.67. The summed E-state index contributed by atoms with van der Waals surface area (Å²) < 4.78 is 39.3. The maximum absolute atomic E-state index is 12.9. The van der Waals surface area contributed by atoms with E-state index in [1.165, 1.54) is 0 Å². The van der Waals surface area contributed by atoms with Gasteiger partial charge >= 0.3 is 11.9 Å². The van der Waals surface area contributed by atoms with E-state index in [0.29, 0.717) is 5.56 Å². The van der Waals surface area contributed by atoms with Gasteiger partial charge in [-0.25, -0.2) is 4.68 Å². The molecule has 0 unspecified atom stereocenters. The van der Waals surface area contributed by atoms with Crippen LogP contribution in [0.3, 0.4) is 0 Å². The van der Waals surface area contributed by atoms with E-state index in [1.807, 2.05) is 0 Å². The van der Waals surface area contributed by atoms with Crippen molar-refractivity contribution in [1.29, 1.82) is 0 Å². The van der Waals surface area contributed by atoms with E-state index < -0.39 is 27.6 Å². The average Bonchev–Trinajstić information content (AvgIpc) is 2.70. The second-order valence-electron chi connectivity index (χ2n) is 4.44. The Balaban J connectivity index is 2.77. The van der Waals surface area contributed by atoms with E-state index in [1.54, 1.807) is 32.0 Å². The van der Waals surface area contributed by atoms with Crippen LogP contribution in [0.5, 0.6) is 0 Å². The van der Waals surface area contributed by atoms with Crippen LogP contribution in [-0.4, -0.2) is 14.7 Å². The number of nitro groups is 1. The van der Waals surface area contributed by atoms with Crippen LogP contribution in [-0.2, 0) is 6.18 Å². The quantitative estimate of drug-likeness (QED) is 0.619. The normalized spacial score (nSPS) is 11.7. The summed E-state index contributed by atoms with van der Waals surface area (Å²) in [5, 5.41) is 13.5. The van der Waals surface area contributed by atoms with Crippen molar-refractivity contribution < 1.29 is 18.1 Å². The third-order valence-electron chi connectivity index (χ3n) is 2.85. The van der Waals surface area contributed by atoms with Crippen LogP contribution in [0.2, 0.25) is 5.15 Å². The fourth-order valence-corrected chi connectivity index (χ4v) is 2.14. The smallest absolute Gasteiger partial charge is 0.258 e. The summed E-state index contributed by atoms with van der Waals surface area (Å²) in [6.45, 7) is 3.38. The van der Waals surface area contributed by atoms with Gasteiger partial charge in [0.2, 0.25) is 10.8 Å². The zero-order valence-corrected chi connectivity index (χ0v) is 11.7. The molecular weight excluding hydrogens is 311 g/mol. The Morgan fingerprint density at radius 1 is 1.33 bits per heavy atom. The highest BCUT2D eigenvalue weighted by Crippen LogP contribution is 2.40. The molecule has 0 N–H and O–H groups in total. The molecule has 0 aliphatic heterocycles. The fraction of sp³-hybridized carbons (Fsp3) is 0.250. The fourth-order valence-electron chi connectivity index (χ4n) is 1.85. The Hall–Kier alpha value is -2.09. The van der Waals surface area contributed by atoms with E-state index in [4.69, 9.17) is 11.6 Å². The Labute approximate surface area is 122 Å². The third kappa shape index (κ3) is 2.71. The van der Waals surface area contributed by atoms with Crippen molar-refractivity contribution in [2.45, 2.75) is 20.0 Å². The lowest BCUT2D eigenvalue weighted by molar-refractivity contribution is -0.388. The highest BCUT2D eigenvalue weighted by Gasteiger charge is 2.45. The summed E-state index contributed by atoms with van der Waals surface area (Å²) in [5.74, 6) is 0. The van der Waals surface area contributed by atoms with E-state index in [-0.39, 0.29) is 5.69 Å². The Morgan fingerprint density at radius 3 is 2.43 bits per heavy atom. The van der Waals surface area contributed by atoms with Gasteiger partial charge in [-0.2, -0.15) is 18.3 Å². The highest BCUT2D eigenvalue weighted by molar-refractivity contribution is 6.32. The van der Waals surface area contributed by atoms with Crippen LogP contribution in [0.4, 0.5) is 18.9 Å². The van der Waals surface area contributed by atoms with Crippen LogP contribution in [0.25, 0.3) is 5.69 Å². The molecule has 1 aromatic carbocycles. The SMILES string of the molecule is Cc1ccc(C)c(-n2nc(C(F)(F)F)c([N+](=O)[O-])c2Cl)c1. The molecule has 0 aliphatic carbocycles. The van der Waals surface area contributed by atoms with Crippen LogP contribution in [0.15, 0.2) is 18.2 Å². The maximum atomic E-state index is 12.9. The molecule has 0 amide bonds. The van der Waals surface area contributed by atoms with Crippen molar-refractivity contribution >= 4 is 17.3 Å². The first kappa shape index (κ1) is 15.3. The second-order valence-corrected chi connectivity index (χ2v) is 4.80. The van der Waals surface area contributed by atoms with E-state index in [2.05, 4.69) is 5.10 Å². The van der Waals surface area contributed by atoms with Crippen molar-refractivity contribution in [1.82, 2.24) is 9.78 Å². The molecule has 2 aromatic rings. The summed E-state index contributed by atoms with van der Waals surface area (Å²) >= 11 is 5.75. The molecule has 9 heteroatoms. The van der Waals surface area contributed by atoms with Gasteiger partial charge in [-0.15, -0.1) is 0 Å². The standard InChI is InChI=1S/C12H9ClF3N3O2/c1-6-3-4-7(2)8(5-6)18-11(13)9(19(20)21)10(17-18)12(14,15)16/h3-5H,1-2H3. The van der Waals surface area contributed by atoms with Gasteiger partial charge in [0.15, 0.2) is 0 Å². The van der Waals surface area contributed by atoms with Gasteiger partial charge in [-0.3, -0.25) is 10.1 Å². The van der Waals surface area contributed by atoms with Crippen molar-refractivity contribution in [3.8, 4) is 5.69 Å². The molecule has 0 spiro atoms. The average molecular weight is 320 g/mol. The van der Waals surface area contributed by atoms with Crippen molar-refractivity contribution in [2.24, 2.45) is 0 Å². The summed E-state index contributed by atoms with van der Waals surface area (Å²) in [7, 11) is 0. The minimum absolute atomic E-state index is 0.263. The number of aromatic nitrogens is 2. The van der Waals surface area contributed by atoms with Crippen LogP contribution < -0.4 is 0 Å². The van der Waals surface area contributed by atoms with Crippen molar-refractivity contribution in [3.63, 3.8) is 0 Å². The first-order valence-electron chi connectivity index (χ1n) is 5.70. The minimum atomic E-state index is -4.96. The van der Waals surface area contributed by atoms with Gasteiger partial charge in [0.25, 0.3) is 0 Å². The van der Waals surface area contributed by atoms with Gasteiger partial charge in [0, 0.05) is 0 Å². The number of aryl methyl sites for hydroxylation is 2. The van der Waals surface area contributed by atoms with Gasteiger partial charge in [0.1, 0.15) is 0 Å².